The van der Waals surface area contributed by atoms with Crippen LogP contribution in [0, 0.1) is 0 Å². The largest absolute Gasteiger partial charge is 0.281 e. The van der Waals surface area contributed by atoms with E-state index in [-0.39, 0.29) is 125 Å². The minimum atomic E-state index is -0.218. The van der Waals surface area contributed by atoms with E-state index in [0.29, 0.717) is 0 Å². The van der Waals surface area contributed by atoms with Gasteiger partial charge >= 0.3 is 0 Å². The summed E-state index contributed by atoms with van der Waals surface area (Å²) in [5.41, 5.74) is 0. The van der Waals surface area contributed by atoms with Crippen molar-refractivity contribution in [1.82, 2.24) is 19.6 Å². The van der Waals surface area contributed by atoms with Gasteiger partial charge in [-0.1, -0.05) is 0 Å². The molecule has 4 rings (SSSR count). The van der Waals surface area contributed by atoms with Crippen molar-refractivity contribution in [2.75, 3.05) is 26.2 Å². The summed E-state index contributed by atoms with van der Waals surface area (Å²) in [6, 6.07) is 0. The van der Waals surface area contributed by atoms with Crippen LogP contribution < -0.4 is 0 Å². The molecular formula is C20H24N4O8. The molecule has 0 radical (unpaired) electrons. The average molecular weight is 448 g/mol. The second kappa shape index (κ2) is 9.79. The number of imide groups is 4. The smallest absolute Gasteiger partial charge is 0.229 e. The lowest BCUT2D eigenvalue weighted by Gasteiger charge is -2.18. The Kier molecular flexibility index (Phi) is 7.11. The summed E-state index contributed by atoms with van der Waals surface area (Å²) in [5, 5.41) is 0. The van der Waals surface area contributed by atoms with Crippen LogP contribution in [0.3, 0.4) is 0 Å². The quantitative estimate of drug-likeness (QED) is 0.449. The highest BCUT2D eigenvalue weighted by Crippen LogP contribution is 2.16. The van der Waals surface area contributed by atoms with Crippen LogP contribution in [-0.2, 0) is 38.4 Å². The van der Waals surface area contributed by atoms with Crippen molar-refractivity contribution in [3.05, 3.63) is 0 Å². The first-order valence-electron chi connectivity index (χ1n) is 10.5. The standard InChI is InChI=1S/2C10H12N2O4/c2*13-7-1-2-8(14)11(7)5-6-12-9(15)3-4-10(12)16/h2*1-6H2. The van der Waals surface area contributed by atoms with Gasteiger partial charge in [-0.15, -0.1) is 0 Å². The van der Waals surface area contributed by atoms with E-state index in [2.05, 4.69) is 0 Å². The van der Waals surface area contributed by atoms with Gasteiger partial charge < -0.3 is 0 Å². The number of rotatable bonds is 6. The highest BCUT2D eigenvalue weighted by Gasteiger charge is 2.34. The van der Waals surface area contributed by atoms with E-state index in [1.807, 2.05) is 0 Å². The van der Waals surface area contributed by atoms with Gasteiger partial charge in [0.25, 0.3) is 0 Å². The molecule has 0 unspecified atom stereocenters. The van der Waals surface area contributed by atoms with Crippen molar-refractivity contribution in [2.45, 2.75) is 51.4 Å². The maximum absolute atomic E-state index is 11.3. The van der Waals surface area contributed by atoms with E-state index in [0.717, 1.165) is 19.6 Å². The maximum atomic E-state index is 11.3. The predicted octanol–water partition coefficient (Wildman–Crippen LogP) is -1.43. The number of likely N-dealkylation sites (tertiary alicyclic amines) is 4. The molecule has 4 aliphatic heterocycles. The molecule has 0 spiro atoms. The third kappa shape index (κ3) is 5.06. The Morgan fingerprint density at radius 2 is 0.438 bits per heavy atom. The molecule has 8 amide bonds. The highest BCUT2D eigenvalue weighted by molar-refractivity contribution is 6.04. The Balaban J connectivity index is 0.000000181. The first-order chi connectivity index (χ1) is 15.2. The van der Waals surface area contributed by atoms with Gasteiger partial charge in [-0.05, 0) is 0 Å². The summed E-state index contributed by atoms with van der Waals surface area (Å²) in [4.78, 5) is 94.6. The van der Waals surface area contributed by atoms with Gasteiger partial charge in [-0.2, -0.15) is 0 Å². The van der Waals surface area contributed by atoms with Gasteiger partial charge in [0.05, 0.1) is 0 Å². The molecule has 12 heteroatoms. The van der Waals surface area contributed by atoms with Crippen molar-refractivity contribution in [3.8, 4) is 0 Å². The molecule has 0 aromatic rings. The van der Waals surface area contributed by atoms with Crippen LogP contribution in [0.25, 0.3) is 0 Å². The predicted molar refractivity (Wildman–Crippen MR) is 104 cm³/mol. The van der Waals surface area contributed by atoms with Crippen LogP contribution in [0.2, 0.25) is 0 Å². The van der Waals surface area contributed by atoms with Crippen molar-refractivity contribution in [1.29, 1.82) is 0 Å². The van der Waals surface area contributed by atoms with Crippen molar-refractivity contribution in [2.24, 2.45) is 0 Å². The van der Waals surface area contributed by atoms with Gasteiger partial charge in [0.15, 0.2) is 0 Å². The van der Waals surface area contributed by atoms with Crippen LogP contribution >= 0.6 is 0 Å². The number of carbonyl (C=O) groups excluding carboxylic acids is 8. The van der Waals surface area contributed by atoms with E-state index >= 15 is 0 Å². The first kappa shape index (κ1) is 23.2. The topological polar surface area (TPSA) is 150 Å². The molecule has 0 atom stereocenters. The summed E-state index contributed by atoms with van der Waals surface area (Å²) in [6.45, 7) is 0.536. The Morgan fingerprint density at radius 1 is 0.312 bits per heavy atom. The van der Waals surface area contributed by atoms with Crippen molar-refractivity contribution >= 4 is 47.3 Å². The van der Waals surface area contributed by atoms with Gasteiger partial charge in [-0.3, -0.25) is 58.0 Å². The zero-order chi connectivity index (χ0) is 23.4. The zero-order valence-corrected chi connectivity index (χ0v) is 17.5. The average Bonchev–Trinajstić information content (AvgIpc) is 3.45. The van der Waals surface area contributed by atoms with E-state index in [9.17, 15) is 38.4 Å². The Bertz CT molecular complexity index is 690. The van der Waals surface area contributed by atoms with Crippen LogP contribution in [0.5, 0.6) is 0 Å². The zero-order valence-electron chi connectivity index (χ0n) is 17.5. The summed E-state index contributed by atoms with van der Waals surface area (Å²) < 4.78 is 0. The molecule has 0 N–H and O–H groups in total. The lowest BCUT2D eigenvalue weighted by Crippen LogP contribution is -2.40. The van der Waals surface area contributed by atoms with Crippen LogP contribution in [0.1, 0.15) is 51.4 Å². The number of nitrogens with zero attached hydrogens (tertiary/aromatic N) is 4. The first-order valence-corrected chi connectivity index (χ1v) is 10.5. The Labute approximate surface area is 183 Å². The second-order valence-corrected chi connectivity index (χ2v) is 7.76. The second-order valence-electron chi connectivity index (χ2n) is 7.76. The number of hydrogen-bond acceptors (Lipinski definition) is 8. The van der Waals surface area contributed by atoms with Crippen molar-refractivity contribution in [3.63, 3.8) is 0 Å². The van der Waals surface area contributed by atoms with E-state index in [1.165, 1.54) is 0 Å². The molecule has 172 valence electrons. The summed E-state index contributed by atoms with van der Waals surface area (Å²) >= 11 is 0. The van der Waals surface area contributed by atoms with E-state index < -0.39 is 0 Å². The normalized spacial score (nSPS) is 21.5. The molecular weight excluding hydrogens is 424 g/mol. The molecule has 0 aliphatic carbocycles. The minimum absolute atomic E-state index is 0.134. The number of carbonyl (C=O) groups is 8. The van der Waals surface area contributed by atoms with Gasteiger partial charge in [-0.25, -0.2) is 0 Å². The van der Waals surface area contributed by atoms with E-state index in [4.69, 9.17) is 0 Å². The maximum Gasteiger partial charge on any atom is 0.229 e. The molecule has 4 fully saturated rings. The fourth-order valence-electron chi connectivity index (χ4n) is 3.89. The molecule has 0 saturated carbocycles. The molecule has 4 aliphatic rings. The molecule has 0 aromatic carbocycles. The SMILES string of the molecule is O=C1CCC(=O)N1CCN1C(=O)CCC1=O.O=C1CCC(=O)N1CCN1C(=O)CCC1=O. The minimum Gasteiger partial charge on any atom is -0.281 e. The molecule has 0 aromatic heterocycles. The number of hydrogen-bond donors (Lipinski definition) is 0. The van der Waals surface area contributed by atoms with Gasteiger partial charge in [0.2, 0.25) is 47.3 Å². The summed E-state index contributed by atoms with van der Waals surface area (Å²) in [7, 11) is 0. The third-order valence-electron chi connectivity index (χ3n) is 5.71. The summed E-state index contributed by atoms with van der Waals surface area (Å²) in [6.07, 6.45) is 1.89. The van der Waals surface area contributed by atoms with Gasteiger partial charge in [0.1, 0.15) is 0 Å². The molecule has 32 heavy (non-hydrogen) atoms. The van der Waals surface area contributed by atoms with Crippen LogP contribution in [0.4, 0.5) is 0 Å². The summed E-state index contributed by atoms with van der Waals surface area (Å²) in [5.74, 6) is -1.75. The fraction of sp³-hybridized carbons (Fsp3) is 0.600. The molecule has 0 bridgehead atoms. The lowest BCUT2D eigenvalue weighted by molar-refractivity contribution is -0.143. The molecule has 4 saturated heterocycles. The van der Waals surface area contributed by atoms with Crippen LogP contribution in [-0.4, -0.2) is 93.0 Å². The molecule has 12 nitrogen and oxygen atoms in total. The lowest BCUT2D eigenvalue weighted by atomic mass is 10.4. The monoisotopic (exact) mass is 448 g/mol. The van der Waals surface area contributed by atoms with E-state index in [1.54, 1.807) is 0 Å². The van der Waals surface area contributed by atoms with Gasteiger partial charge in [0, 0.05) is 77.5 Å². The fourth-order valence-corrected chi connectivity index (χ4v) is 3.89. The molecule has 4 heterocycles. The van der Waals surface area contributed by atoms with Crippen LogP contribution in [0.15, 0.2) is 0 Å². The Hall–Kier alpha value is -3.44. The number of amides is 8. The Morgan fingerprint density at radius 3 is 0.562 bits per heavy atom. The van der Waals surface area contributed by atoms with Crippen molar-refractivity contribution < 1.29 is 38.4 Å². The highest BCUT2D eigenvalue weighted by atomic mass is 16.2. The third-order valence-corrected chi connectivity index (χ3v) is 5.71.